The Labute approximate surface area is 244 Å². The molecule has 11 heteroatoms. The minimum atomic E-state index is -4.99. The molecule has 2 aliphatic carbocycles. The number of aromatic nitrogens is 5. The van der Waals surface area contributed by atoms with Crippen LogP contribution in [0.5, 0.6) is 0 Å². The fourth-order valence-electron chi connectivity index (χ4n) is 5.96. The summed E-state index contributed by atoms with van der Waals surface area (Å²) in [7, 11) is 0. The summed E-state index contributed by atoms with van der Waals surface area (Å²) in [6.45, 7) is 10.6. The summed E-state index contributed by atoms with van der Waals surface area (Å²) < 4.78 is 40.8. The zero-order valence-electron chi connectivity index (χ0n) is 24.5. The predicted molar refractivity (Wildman–Crippen MR) is 157 cm³/mol. The monoisotopic (exact) mass is 583 g/mol. The van der Waals surface area contributed by atoms with Crippen LogP contribution in [0.3, 0.4) is 0 Å². The van der Waals surface area contributed by atoms with E-state index in [1.54, 1.807) is 6.20 Å². The Kier molecular flexibility index (Phi) is 8.84. The Morgan fingerprint density at radius 3 is 2.48 bits per heavy atom. The van der Waals surface area contributed by atoms with Crippen LogP contribution in [0.4, 0.5) is 19.0 Å². The molecule has 0 saturated heterocycles. The lowest BCUT2D eigenvalue weighted by atomic mass is 9.80. The molecule has 0 radical (unpaired) electrons. The fraction of sp³-hybridized carbons (Fsp3) is 0.581. The Balaban J connectivity index is 1.60. The molecule has 3 aromatic heterocycles. The third-order valence-corrected chi connectivity index (χ3v) is 8.88. The van der Waals surface area contributed by atoms with Crippen molar-refractivity contribution in [2.45, 2.75) is 96.9 Å². The van der Waals surface area contributed by atoms with Crippen molar-refractivity contribution in [3.63, 3.8) is 0 Å². The Hall–Kier alpha value is -3.50. The number of imidazole rings is 1. The molecule has 1 atom stereocenters. The number of hydrogen-bond donors (Lipinski definition) is 2. The van der Waals surface area contributed by atoms with Crippen molar-refractivity contribution in [2.75, 3.05) is 5.32 Å². The molecule has 42 heavy (non-hydrogen) atoms. The molecule has 2 fully saturated rings. The zero-order valence-corrected chi connectivity index (χ0v) is 24.5. The normalized spacial score (nSPS) is 20.4. The van der Waals surface area contributed by atoms with Crippen LogP contribution in [-0.2, 0) is 17.9 Å². The van der Waals surface area contributed by atoms with E-state index in [0.29, 0.717) is 58.7 Å². The van der Waals surface area contributed by atoms with Gasteiger partial charge in [-0.15, -0.1) is 6.58 Å². The molecule has 2 N–H and O–H groups in total. The third-order valence-electron chi connectivity index (χ3n) is 8.88. The predicted octanol–water partition coefficient (Wildman–Crippen LogP) is 6.78. The highest BCUT2D eigenvalue weighted by molar-refractivity contribution is 5.87. The first kappa shape index (κ1) is 30.0. The number of allylic oxidation sites excluding steroid dienone is 1. The van der Waals surface area contributed by atoms with Crippen molar-refractivity contribution in [2.24, 2.45) is 17.8 Å². The van der Waals surface area contributed by atoms with Crippen LogP contribution in [-0.4, -0.2) is 42.6 Å². The average molecular weight is 584 g/mol. The van der Waals surface area contributed by atoms with Crippen molar-refractivity contribution in [3.8, 4) is 11.5 Å². The summed E-state index contributed by atoms with van der Waals surface area (Å²) in [6, 6.07) is 4.14. The van der Waals surface area contributed by atoms with Gasteiger partial charge in [0.15, 0.2) is 23.1 Å². The highest BCUT2D eigenvalue weighted by Crippen LogP contribution is 2.36. The average Bonchev–Trinajstić information content (AvgIpc) is 3.29. The number of nitrogens with one attached hydrogen (secondary N) is 2. The Bertz CT molecular complexity index is 1420. The number of pyridine rings is 1. The molecule has 0 aromatic carbocycles. The molecule has 1 amide bonds. The van der Waals surface area contributed by atoms with Crippen molar-refractivity contribution in [1.29, 1.82) is 0 Å². The number of carbonyl (C=O) groups is 1. The molecule has 0 bridgehead atoms. The van der Waals surface area contributed by atoms with E-state index < -0.39 is 18.6 Å². The lowest BCUT2D eigenvalue weighted by Gasteiger charge is -2.32. The highest BCUT2D eigenvalue weighted by Gasteiger charge is 2.38. The molecule has 3 aromatic rings. The minimum Gasteiger partial charge on any atom is -0.365 e. The van der Waals surface area contributed by atoms with Gasteiger partial charge in [0.2, 0.25) is 0 Å². The first-order valence-corrected chi connectivity index (χ1v) is 15.0. The molecule has 226 valence electrons. The first-order chi connectivity index (χ1) is 20.0. The summed E-state index contributed by atoms with van der Waals surface area (Å²) in [5.41, 5.74) is 2.92. The number of alkyl halides is 3. The molecule has 2 saturated carbocycles. The number of hydrogen-bond acceptors (Lipinski definition) is 6. The summed E-state index contributed by atoms with van der Waals surface area (Å²) >= 11 is 0. The SMILES string of the molecule is C=C[C@H]1CC[C@H](Cn2c(-c3cc(C(C)C)ccn3)nc3nc(CNC(=O)C(F)(F)F)nc(N[C@H](C)C4CCC4)c32)CC1. The maximum absolute atomic E-state index is 12.9. The smallest absolute Gasteiger partial charge is 0.365 e. The van der Waals surface area contributed by atoms with Gasteiger partial charge in [0.1, 0.15) is 11.2 Å². The van der Waals surface area contributed by atoms with Crippen LogP contribution in [0.25, 0.3) is 22.7 Å². The van der Waals surface area contributed by atoms with E-state index in [2.05, 4.69) is 52.2 Å². The van der Waals surface area contributed by atoms with Crippen LogP contribution in [0.2, 0.25) is 0 Å². The number of carbonyl (C=O) groups excluding carboxylic acids is 1. The summed E-state index contributed by atoms with van der Waals surface area (Å²) in [6.07, 6.45) is 6.52. The van der Waals surface area contributed by atoms with E-state index >= 15 is 0 Å². The Morgan fingerprint density at radius 1 is 1.12 bits per heavy atom. The van der Waals surface area contributed by atoms with E-state index in [0.717, 1.165) is 44.1 Å². The van der Waals surface area contributed by atoms with E-state index in [1.807, 2.05) is 23.5 Å². The summed E-state index contributed by atoms with van der Waals surface area (Å²) in [5, 5.41) is 5.46. The van der Waals surface area contributed by atoms with Crippen LogP contribution < -0.4 is 10.6 Å². The molecule has 5 rings (SSSR count). The van der Waals surface area contributed by atoms with Crippen molar-refractivity contribution >= 4 is 22.9 Å². The number of amides is 1. The number of fused-ring (bicyclic) bond motifs is 1. The van der Waals surface area contributed by atoms with E-state index in [4.69, 9.17) is 4.98 Å². The van der Waals surface area contributed by atoms with Gasteiger partial charge in [-0.1, -0.05) is 26.3 Å². The Morgan fingerprint density at radius 2 is 1.86 bits per heavy atom. The molecule has 0 aliphatic heterocycles. The molecule has 0 unspecified atom stereocenters. The topological polar surface area (TPSA) is 97.6 Å². The quantitative estimate of drug-likeness (QED) is 0.255. The van der Waals surface area contributed by atoms with Gasteiger partial charge in [0.25, 0.3) is 0 Å². The van der Waals surface area contributed by atoms with Crippen LogP contribution in [0.15, 0.2) is 31.0 Å². The van der Waals surface area contributed by atoms with Gasteiger partial charge in [-0.05, 0) is 86.8 Å². The second kappa shape index (κ2) is 12.4. The van der Waals surface area contributed by atoms with Gasteiger partial charge >= 0.3 is 12.1 Å². The second-order valence-electron chi connectivity index (χ2n) is 12.2. The number of rotatable bonds is 10. The van der Waals surface area contributed by atoms with Crippen molar-refractivity contribution < 1.29 is 18.0 Å². The summed E-state index contributed by atoms with van der Waals surface area (Å²) in [5.74, 6) is 0.935. The molecular weight excluding hydrogens is 543 g/mol. The van der Waals surface area contributed by atoms with Gasteiger partial charge < -0.3 is 15.2 Å². The number of halogens is 3. The van der Waals surface area contributed by atoms with Crippen LogP contribution in [0, 0.1) is 17.8 Å². The van der Waals surface area contributed by atoms with Crippen molar-refractivity contribution in [1.82, 2.24) is 29.8 Å². The minimum absolute atomic E-state index is 0.0648. The zero-order chi connectivity index (χ0) is 30.0. The number of anilines is 1. The third kappa shape index (κ3) is 6.60. The van der Waals surface area contributed by atoms with E-state index in [1.165, 1.54) is 6.42 Å². The number of nitrogens with zero attached hydrogens (tertiary/aromatic N) is 5. The highest BCUT2D eigenvalue weighted by atomic mass is 19.4. The fourth-order valence-corrected chi connectivity index (χ4v) is 5.96. The van der Waals surface area contributed by atoms with Crippen molar-refractivity contribution in [3.05, 3.63) is 42.4 Å². The molecular formula is C31H40F3N7O. The molecule has 2 aliphatic rings. The maximum Gasteiger partial charge on any atom is 0.471 e. The largest absolute Gasteiger partial charge is 0.471 e. The van der Waals surface area contributed by atoms with Gasteiger partial charge in [0, 0.05) is 18.8 Å². The first-order valence-electron chi connectivity index (χ1n) is 15.0. The second-order valence-corrected chi connectivity index (χ2v) is 12.2. The van der Waals surface area contributed by atoms with Gasteiger partial charge in [-0.3, -0.25) is 9.78 Å². The lowest BCUT2D eigenvalue weighted by Crippen LogP contribution is -2.36. The standard InChI is InChI=1S/C31H40F3N7O/c1-5-20-9-11-21(12-10-20)17-41-26-27(37-19(4)22-7-6-8-22)38-25(16-36-30(42)31(32,33)34)39-28(26)40-29(41)24-15-23(18(2)3)13-14-35-24/h5,13-15,18-22H,1,6-12,16-17H2,2-4H3,(H,36,42)(H,37,38,39)/t19-,20-,21-/m1/s1. The van der Waals surface area contributed by atoms with Gasteiger partial charge in [-0.2, -0.15) is 13.2 Å². The molecule has 0 spiro atoms. The molecule has 8 nitrogen and oxygen atoms in total. The maximum atomic E-state index is 12.9. The van der Waals surface area contributed by atoms with Gasteiger partial charge in [-0.25, -0.2) is 15.0 Å². The lowest BCUT2D eigenvalue weighted by molar-refractivity contribution is -0.173. The van der Waals surface area contributed by atoms with E-state index in [9.17, 15) is 18.0 Å². The van der Waals surface area contributed by atoms with E-state index in [-0.39, 0.29) is 11.9 Å². The summed E-state index contributed by atoms with van der Waals surface area (Å²) in [4.78, 5) is 30.4. The van der Waals surface area contributed by atoms with Crippen LogP contribution >= 0.6 is 0 Å². The molecule has 3 heterocycles. The van der Waals surface area contributed by atoms with Crippen LogP contribution in [0.1, 0.15) is 83.0 Å². The van der Waals surface area contributed by atoms with Gasteiger partial charge in [0.05, 0.1) is 6.54 Å².